The summed E-state index contributed by atoms with van der Waals surface area (Å²) in [6.45, 7) is 3.27. The second-order valence-corrected chi connectivity index (χ2v) is 10.1. The lowest BCUT2D eigenvalue weighted by molar-refractivity contribution is 0.102. The summed E-state index contributed by atoms with van der Waals surface area (Å²) in [7, 11) is -3.91. The molecule has 3 aromatic carbocycles. The van der Waals surface area contributed by atoms with Crippen LogP contribution in [0.15, 0.2) is 71.6 Å². The van der Waals surface area contributed by atoms with Crippen LogP contribution in [-0.2, 0) is 10.0 Å². The molecule has 4 rings (SSSR count). The normalized spacial score (nSPS) is 14.8. The number of carbonyl (C=O) groups is 1. The molecular weight excluding hydrogens is 465 g/mol. The van der Waals surface area contributed by atoms with Gasteiger partial charge in [0, 0.05) is 43.1 Å². The minimum atomic E-state index is -3.91. The summed E-state index contributed by atoms with van der Waals surface area (Å²) >= 11 is 6.25. The van der Waals surface area contributed by atoms with Crippen LogP contribution < -0.4 is 10.2 Å². The molecule has 6 nitrogen and oxygen atoms in total. The standard InChI is InChI=1S/C24H23ClFN3O3S/c1-17-4-2-3-5-22(17)27-24(30)18-6-11-21(25)23(16-18)33(31,32)29-14-12-28(13-15-29)20-9-7-19(26)8-10-20/h2-11,16H,12-15H2,1H3,(H,27,30). The van der Waals surface area contributed by atoms with Gasteiger partial charge in [-0.3, -0.25) is 4.79 Å². The van der Waals surface area contributed by atoms with E-state index in [0.717, 1.165) is 11.3 Å². The third kappa shape index (κ3) is 5.03. The van der Waals surface area contributed by atoms with E-state index in [1.54, 1.807) is 18.2 Å². The zero-order valence-electron chi connectivity index (χ0n) is 18.0. The molecule has 0 unspecified atom stereocenters. The van der Waals surface area contributed by atoms with Gasteiger partial charge >= 0.3 is 0 Å². The van der Waals surface area contributed by atoms with Crippen molar-refractivity contribution in [3.63, 3.8) is 0 Å². The number of rotatable bonds is 5. The Kier molecular flexibility index (Phi) is 6.69. The summed E-state index contributed by atoms with van der Waals surface area (Å²) in [6, 6.07) is 17.7. The quantitative estimate of drug-likeness (QED) is 0.573. The van der Waals surface area contributed by atoms with Gasteiger partial charge in [0.25, 0.3) is 5.91 Å². The molecular formula is C24H23ClFN3O3S. The third-order valence-electron chi connectivity index (χ3n) is 5.63. The van der Waals surface area contributed by atoms with Crippen molar-refractivity contribution in [3.05, 3.63) is 88.7 Å². The molecule has 9 heteroatoms. The fourth-order valence-electron chi connectivity index (χ4n) is 3.73. The van der Waals surface area contributed by atoms with Crippen LogP contribution in [0, 0.1) is 12.7 Å². The van der Waals surface area contributed by atoms with E-state index >= 15 is 0 Å². The highest BCUT2D eigenvalue weighted by Gasteiger charge is 2.31. The zero-order valence-corrected chi connectivity index (χ0v) is 19.5. The molecule has 3 aromatic rings. The number of piperazine rings is 1. The van der Waals surface area contributed by atoms with E-state index in [0.29, 0.717) is 18.8 Å². The van der Waals surface area contributed by atoms with Gasteiger partial charge in [0.2, 0.25) is 10.0 Å². The molecule has 1 aliphatic heterocycles. The van der Waals surface area contributed by atoms with Gasteiger partial charge in [0.1, 0.15) is 10.7 Å². The number of hydrogen-bond acceptors (Lipinski definition) is 4. The summed E-state index contributed by atoms with van der Waals surface area (Å²) < 4.78 is 41.2. The summed E-state index contributed by atoms with van der Waals surface area (Å²) in [5, 5.41) is 2.87. The van der Waals surface area contributed by atoms with Gasteiger partial charge in [-0.05, 0) is 61.0 Å². The Labute approximate surface area is 197 Å². The first-order valence-corrected chi connectivity index (χ1v) is 12.2. The molecule has 0 spiro atoms. The van der Waals surface area contributed by atoms with Crippen LogP contribution in [0.25, 0.3) is 0 Å². The van der Waals surface area contributed by atoms with Crippen molar-refractivity contribution in [3.8, 4) is 0 Å². The van der Waals surface area contributed by atoms with E-state index in [1.165, 1.54) is 34.6 Å². The van der Waals surface area contributed by atoms with Crippen LogP contribution in [0.1, 0.15) is 15.9 Å². The average Bonchev–Trinajstić information content (AvgIpc) is 2.81. The van der Waals surface area contributed by atoms with Crippen molar-refractivity contribution in [2.45, 2.75) is 11.8 Å². The van der Waals surface area contributed by atoms with Gasteiger partial charge < -0.3 is 10.2 Å². The number of aryl methyl sites for hydroxylation is 1. The maximum Gasteiger partial charge on any atom is 0.255 e. The highest BCUT2D eigenvalue weighted by molar-refractivity contribution is 7.89. The Balaban J connectivity index is 1.51. The Morgan fingerprint density at radius 1 is 0.970 bits per heavy atom. The molecule has 1 aliphatic rings. The van der Waals surface area contributed by atoms with Gasteiger partial charge in [0.05, 0.1) is 5.02 Å². The number of anilines is 2. The molecule has 0 radical (unpaired) electrons. The predicted molar refractivity (Wildman–Crippen MR) is 128 cm³/mol. The smallest absolute Gasteiger partial charge is 0.255 e. The number of benzene rings is 3. The van der Waals surface area contributed by atoms with Crippen LogP contribution >= 0.6 is 11.6 Å². The number of nitrogens with zero attached hydrogens (tertiary/aromatic N) is 2. The predicted octanol–water partition coefficient (Wildman–Crippen LogP) is 4.55. The molecule has 1 saturated heterocycles. The average molecular weight is 488 g/mol. The Hall–Kier alpha value is -2.94. The van der Waals surface area contributed by atoms with Gasteiger partial charge in [-0.2, -0.15) is 4.31 Å². The molecule has 0 aliphatic carbocycles. The summed E-state index contributed by atoms with van der Waals surface area (Å²) in [6.07, 6.45) is 0. The van der Waals surface area contributed by atoms with Crippen LogP contribution in [-0.4, -0.2) is 44.8 Å². The summed E-state index contributed by atoms with van der Waals surface area (Å²) in [5.41, 5.74) is 2.58. The number of sulfonamides is 1. The van der Waals surface area contributed by atoms with Gasteiger partial charge in [-0.1, -0.05) is 29.8 Å². The van der Waals surface area contributed by atoms with Crippen molar-refractivity contribution in [1.82, 2.24) is 4.31 Å². The molecule has 0 aromatic heterocycles. The number of halogens is 2. The first-order chi connectivity index (χ1) is 15.8. The first kappa shape index (κ1) is 23.2. The molecule has 172 valence electrons. The minimum Gasteiger partial charge on any atom is -0.369 e. The number of nitrogens with one attached hydrogen (secondary N) is 1. The van der Waals surface area contributed by atoms with Crippen molar-refractivity contribution in [2.75, 3.05) is 36.4 Å². The number of amides is 1. The van der Waals surface area contributed by atoms with Gasteiger partial charge in [-0.15, -0.1) is 0 Å². The highest BCUT2D eigenvalue weighted by atomic mass is 35.5. The summed E-state index contributed by atoms with van der Waals surface area (Å²) in [4.78, 5) is 14.7. The van der Waals surface area contributed by atoms with Crippen molar-refractivity contribution < 1.29 is 17.6 Å². The van der Waals surface area contributed by atoms with E-state index in [9.17, 15) is 17.6 Å². The van der Waals surface area contributed by atoms with Crippen LogP contribution in [0.4, 0.5) is 15.8 Å². The number of carbonyl (C=O) groups excluding carboxylic acids is 1. The van der Waals surface area contributed by atoms with Crippen molar-refractivity contribution in [1.29, 1.82) is 0 Å². The molecule has 33 heavy (non-hydrogen) atoms. The molecule has 1 amide bonds. The Bertz CT molecular complexity index is 1270. The van der Waals surface area contributed by atoms with Crippen LogP contribution in [0.2, 0.25) is 5.02 Å². The minimum absolute atomic E-state index is 0.0587. The Morgan fingerprint density at radius 2 is 1.64 bits per heavy atom. The van der Waals surface area contributed by atoms with E-state index in [1.807, 2.05) is 30.0 Å². The molecule has 0 atom stereocenters. The molecule has 1 N–H and O–H groups in total. The SMILES string of the molecule is Cc1ccccc1NC(=O)c1ccc(Cl)c(S(=O)(=O)N2CCN(c3ccc(F)cc3)CC2)c1. The lowest BCUT2D eigenvalue weighted by Gasteiger charge is -2.35. The maximum atomic E-state index is 13.3. The monoisotopic (exact) mass is 487 g/mol. The Morgan fingerprint density at radius 3 is 2.30 bits per heavy atom. The van der Waals surface area contributed by atoms with Crippen molar-refractivity contribution in [2.24, 2.45) is 0 Å². The lowest BCUT2D eigenvalue weighted by Crippen LogP contribution is -2.48. The van der Waals surface area contributed by atoms with E-state index < -0.39 is 15.9 Å². The number of hydrogen-bond donors (Lipinski definition) is 1. The van der Waals surface area contributed by atoms with Crippen LogP contribution in [0.5, 0.6) is 0 Å². The van der Waals surface area contributed by atoms with E-state index in [2.05, 4.69) is 5.32 Å². The fraction of sp³-hybridized carbons (Fsp3) is 0.208. The lowest BCUT2D eigenvalue weighted by atomic mass is 10.1. The zero-order chi connectivity index (χ0) is 23.6. The van der Waals surface area contributed by atoms with E-state index in [-0.39, 0.29) is 34.4 Å². The third-order valence-corrected chi connectivity index (χ3v) is 8.02. The number of para-hydroxylation sites is 1. The van der Waals surface area contributed by atoms with Gasteiger partial charge in [0.15, 0.2) is 0 Å². The largest absolute Gasteiger partial charge is 0.369 e. The second kappa shape index (κ2) is 9.51. The van der Waals surface area contributed by atoms with E-state index in [4.69, 9.17) is 11.6 Å². The second-order valence-electron chi connectivity index (χ2n) is 7.78. The highest BCUT2D eigenvalue weighted by Crippen LogP contribution is 2.28. The topological polar surface area (TPSA) is 69.7 Å². The fourth-order valence-corrected chi connectivity index (χ4v) is 5.65. The maximum absolute atomic E-state index is 13.3. The molecule has 0 saturated carbocycles. The van der Waals surface area contributed by atoms with Crippen LogP contribution in [0.3, 0.4) is 0 Å². The first-order valence-electron chi connectivity index (χ1n) is 10.4. The molecule has 1 fully saturated rings. The van der Waals surface area contributed by atoms with Crippen molar-refractivity contribution >= 4 is 38.9 Å². The summed E-state index contributed by atoms with van der Waals surface area (Å²) in [5.74, 6) is -0.737. The van der Waals surface area contributed by atoms with Gasteiger partial charge in [-0.25, -0.2) is 12.8 Å². The molecule has 1 heterocycles. The molecule has 0 bridgehead atoms.